The summed E-state index contributed by atoms with van der Waals surface area (Å²) in [6, 6.07) is 1.73. The number of sulfonamides is 1. The fraction of sp³-hybridized carbons (Fsp3) is 0.417. The van der Waals surface area contributed by atoms with Crippen LogP contribution >= 0.6 is 22.7 Å². The lowest BCUT2D eigenvalue weighted by atomic mass is 10.4. The van der Waals surface area contributed by atoms with Crippen molar-refractivity contribution in [1.29, 1.82) is 0 Å². The molecule has 0 spiro atoms. The number of nitrogens with one attached hydrogen (secondary N) is 2. The van der Waals surface area contributed by atoms with Gasteiger partial charge in [-0.25, -0.2) is 18.1 Å². The van der Waals surface area contributed by atoms with E-state index >= 15 is 0 Å². The molecule has 2 aromatic rings. The van der Waals surface area contributed by atoms with Crippen LogP contribution in [0.3, 0.4) is 0 Å². The average molecular weight is 331 g/mol. The maximum absolute atomic E-state index is 12.3. The van der Waals surface area contributed by atoms with Gasteiger partial charge in [0, 0.05) is 27.4 Å². The second-order valence-corrected chi connectivity index (χ2v) is 8.75. The molecule has 0 amide bonds. The second kappa shape index (κ2) is 6.31. The quantitative estimate of drug-likeness (QED) is 0.849. The molecule has 0 radical (unpaired) electrons. The van der Waals surface area contributed by atoms with Crippen molar-refractivity contribution in [2.75, 3.05) is 7.05 Å². The van der Waals surface area contributed by atoms with Crippen molar-refractivity contribution in [3.05, 3.63) is 31.9 Å². The molecule has 0 fully saturated rings. The lowest BCUT2D eigenvalue weighted by Crippen LogP contribution is -2.23. The number of thiophene rings is 1. The molecule has 0 aliphatic heterocycles. The van der Waals surface area contributed by atoms with Crippen molar-refractivity contribution in [1.82, 2.24) is 15.0 Å². The summed E-state index contributed by atoms with van der Waals surface area (Å²) in [6.45, 7) is 4.68. The van der Waals surface area contributed by atoms with Gasteiger partial charge in [0.25, 0.3) is 0 Å². The minimum Gasteiger partial charge on any atom is -0.315 e. The highest BCUT2D eigenvalue weighted by Crippen LogP contribution is 2.25. The molecule has 0 atom stereocenters. The van der Waals surface area contributed by atoms with Crippen molar-refractivity contribution < 1.29 is 8.42 Å². The zero-order chi connectivity index (χ0) is 14.8. The minimum absolute atomic E-state index is 0.234. The molecule has 0 aliphatic carbocycles. The van der Waals surface area contributed by atoms with E-state index in [1.165, 1.54) is 22.7 Å². The molecule has 0 saturated carbocycles. The third-order valence-corrected chi connectivity index (χ3v) is 6.27. The summed E-state index contributed by atoms with van der Waals surface area (Å²) in [5, 5.41) is 3.80. The van der Waals surface area contributed by atoms with E-state index in [2.05, 4.69) is 15.0 Å². The highest BCUT2D eigenvalue weighted by atomic mass is 32.2. The SMILES string of the molecule is CNCc1cc(S(=O)(=O)NCc2ncc(C)s2)c(C)s1. The van der Waals surface area contributed by atoms with E-state index in [0.717, 1.165) is 19.6 Å². The number of thiazole rings is 1. The van der Waals surface area contributed by atoms with Gasteiger partial charge in [0.05, 0.1) is 11.4 Å². The van der Waals surface area contributed by atoms with Crippen LogP contribution in [0.15, 0.2) is 17.2 Å². The molecule has 0 aromatic carbocycles. The lowest BCUT2D eigenvalue weighted by Gasteiger charge is -2.04. The molecule has 0 unspecified atom stereocenters. The molecule has 0 aliphatic rings. The van der Waals surface area contributed by atoms with Crippen molar-refractivity contribution >= 4 is 32.7 Å². The summed E-state index contributed by atoms with van der Waals surface area (Å²) in [5.74, 6) is 0. The number of rotatable bonds is 6. The third-order valence-electron chi connectivity index (χ3n) is 2.65. The molecule has 20 heavy (non-hydrogen) atoms. The van der Waals surface area contributed by atoms with Crippen LogP contribution in [0.1, 0.15) is 19.6 Å². The van der Waals surface area contributed by atoms with Crippen molar-refractivity contribution in [3.8, 4) is 0 Å². The Kier molecular flexibility index (Phi) is 4.92. The maximum atomic E-state index is 12.3. The van der Waals surface area contributed by atoms with Gasteiger partial charge in [0.2, 0.25) is 10.0 Å². The Labute approximate surface area is 127 Å². The van der Waals surface area contributed by atoms with Crippen molar-refractivity contribution in [2.45, 2.75) is 31.8 Å². The van der Waals surface area contributed by atoms with E-state index in [9.17, 15) is 8.42 Å². The van der Waals surface area contributed by atoms with Crippen LogP contribution in [0.4, 0.5) is 0 Å². The largest absolute Gasteiger partial charge is 0.315 e. The summed E-state index contributed by atoms with van der Waals surface area (Å²) in [7, 11) is -1.64. The Hall–Kier alpha value is -0.800. The first-order valence-corrected chi connectivity index (χ1v) is 9.19. The summed E-state index contributed by atoms with van der Waals surface area (Å²) in [5.41, 5.74) is 0. The normalized spacial score (nSPS) is 11.9. The Bertz CT molecular complexity index is 689. The van der Waals surface area contributed by atoms with Crippen LogP contribution in [0, 0.1) is 13.8 Å². The monoisotopic (exact) mass is 331 g/mol. The molecule has 8 heteroatoms. The molecule has 0 bridgehead atoms. The van der Waals surface area contributed by atoms with Gasteiger partial charge in [-0.1, -0.05) is 0 Å². The van der Waals surface area contributed by atoms with Crippen LogP contribution in [0.5, 0.6) is 0 Å². The van der Waals surface area contributed by atoms with Crippen LogP contribution < -0.4 is 10.0 Å². The maximum Gasteiger partial charge on any atom is 0.242 e. The van der Waals surface area contributed by atoms with E-state index < -0.39 is 10.0 Å². The zero-order valence-corrected chi connectivity index (χ0v) is 14.0. The molecule has 2 rings (SSSR count). The first-order valence-electron chi connectivity index (χ1n) is 6.07. The zero-order valence-electron chi connectivity index (χ0n) is 11.6. The Morgan fingerprint density at radius 1 is 1.25 bits per heavy atom. The molecule has 2 aromatic heterocycles. The van der Waals surface area contributed by atoms with Gasteiger partial charge in [-0.2, -0.15) is 0 Å². The van der Waals surface area contributed by atoms with Crippen molar-refractivity contribution in [3.63, 3.8) is 0 Å². The first-order chi connectivity index (χ1) is 9.42. The predicted octanol–water partition coefficient (Wildman–Crippen LogP) is 2.02. The molecule has 5 nitrogen and oxygen atoms in total. The number of hydrogen-bond acceptors (Lipinski definition) is 6. The van der Waals surface area contributed by atoms with Crippen LogP contribution in [0.2, 0.25) is 0 Å². The molecular formula is C12H17N3O2S3. The molecule has 2 heterocycles. The van der Waals surface area contributed by atoms with Crippen molar-refractivity contribution in [2.24, 2.45) is 0 Å². The first kappa shape index (κ1) is 15.6. The van der Waals surface area contributed by atoms with Gasteiger partial charge in [0.15, 0.2) is 0 Å². The molecule has 110 valence electrons. The smallest absolute Gasteiger partial charge is 0.242 e. The fourth-order valence-corrected chi connectivity index (χ4v) is 5.22. The highest BCUT2D eigenvalue weighted by molar-refractivity contribution is 7.89. The fourth-order valence-electron chi connectivity index (χ4n) is 1.77. The molecule has 0 saturated heterocycles. The Morgan fingerprint density at radius 2 is 2.00 bits per heavy atom. The van der Waals surface area contributed by atoms with Gasteiger partial charge in [-0.15, -0.1) is 22.7 Å². The van der Waals surface area contributed by atoms with Gasteiger partial charge in [-0.05, 0) is 27.0 Å². The van der Waals surface area contributed by atoms with Crippen LogP contribution in [0.25, 0.3) is 0 Å². The van der Waals surface area contributed by atoms with Gasteiger partial charge < -0.3 is 5.32 Å². The average Bonchev–Trinajstić information content (AvgIpc) is 2.94. The van der Waals surface area contributed by atoms with Crippen LogP contribution in [-0.2, 0) is 23.1 Å². The summed E-state index contributed by atoms with van der Waals surface area (Å²) in [4.78, 5) is 7.40. The Morgan fingerprint density at radius 3 is 2.60 bits per heavy atom. The van der Waals surface area contributed by atoms with Gasteiger partial charge in [-0.3, -0.25) is 0 Å². The standard InChI is InChI=1S/C12H17N3O2S3/c1-8-5-14-12(18-8)7-15-20(16,17)11-4-10(6-13-3)19-9(11)2/h4-5,13,15H,6-7H2,1-3H3. The van der Waals surface area contributed by atoms with Gasteiger partial charge in [0.1, 0.15) is 5.01 Å². The van der Waals surface area contributed by atoms with E-state index in [4.69, 9.17) is 0 Å². The summed E-state index contributed by atoms with van der Waals surface area (Å²) < 4.78 is 27.2. The van der Waals surface area contributed by atoms with E-state index in [0.29, 0.717) is 11.4 Å². The lowest BCUT2D eigenvalue weighted by molar-refractivity contribution is 0.581. The number of aromatic nitrogens is 1. The van der Waals surface area contributed by atoms with Crippen LogP contribution in [-0.4, -0.2) is 20.4 Å². The number of aryl methyl sites for hydroxylation is 2. The molecular weight excluding hydrogens is 314 g/mol. The molecule has 2 N–H and O–H groups in total. The van der Waals surface area contributed by atoms with E-state index in [1.54, 1.807) is 12.3 Å². The third kappa shape index (κ3) is 3.64. The topological polar surface area (TPSA) is 71.1 Å². The number of nitrogens with zero attached hydrogens (tertiary/aromatic N) is 1. The van der Waals surface area contributed by atoms with Gasteiger partial charge >= 0.3 is 0 Å². The Balaban J connectivity index is 2.13. The van der Waals surface area contributed by atoms with E-state index in [1.807, 2.05) is 20.9 Å². The highest BCUT2D eigenvalue weighted by Gasteiger charge is 2.20. The summed E-state index contributed by atoms with van der Waals surface area (Å²) >= 11 is 2.99. The van der Waals surface area contributed by atoms with E-state index in [-0.39, 0.29) is 6.54 Å². The predicted molar refractivity (Wildman–Crippen MR) is 82.7 cm³/mol. The summed E-state index contributed by atoms with van der Waals surface area (Å²) in [6.07, 6.45) is 1.75. The minimum atomic E-state index is -3.48. The second-order valence-electron chi connectivity index (χ2n) is 4.35. The number of hydrogen-bond donors (Lipinski definition) is 2.